The van der Waals surface area contributed by atoms with Gasteiger partial charge in [-0.05, 0) is 25.0 Å². The first kappa shape index (κ1) is 20.7. The van der Waals surface area contributed by atoms with Crippen LogP contribution in [0.15, 0.2) is 41.2 Å². The summed E-state index contributed by atoms with van der Waals surface area (Å²) >= 11 is 0. The van der Waals surface area contributed by atoms with Gasteiger partial charge in [-0.2, -0.15) is 0 Å². The Balaban J connectivity index is 1.38. The van der Waals surface area contributed by atoms with Gasteiger partial charge in [0.05, 0.1) is 0 Å². The Labute approximate surface area is 176 Å². The van der Waals surface area contributed by atoms with Crippen LogP contribution in [0.5, 0.6) is 5.75 Å². The Hall–Kier alpha value is -3.56. The molecule has 1 aromatic carbocycles. The minimum atomic E-state index is -1.02. The highest BCUT2D eigenvalue weighted by atomic mass is 19.2. The van der Waals surface area contributed by atoms with E-state index in [1.807, 2.05) is 0 Å². The summed E-state index contributed by atoms with van der Waals surface area (Å²) in [5.74, 6) is -2.02. The largest absolute Gasteiger partial charge is 0.485 e. The predicted octanol–water partition coefficient (Wildman–Crippen LogP) is 3.00. The number of imidazole rings is 1. The molecule has 1 amide bonds. The van der Waals surface area contributed by atoms with Crippen molar-refractivity contribution in [2.75, 3.05) is 13.1 Å². The minimum Gasteiger partial charge on any atom is -0.485 e. The molecule has 162 valence electrons. The van der Waals surface area contributed by atoms with Crippen LogP contribution in [0.4, 0.5) is 8.78 Å². The number of ether oxygens (including phenoxy) is 1. The highest BCUT2D eigenvalue weighted by Gasteiger charge is 2.32. The van der Waals surface area contributed by atoms with Gasteiger partial charge in [0, 0.05) is 50.6 Å². The van der Waals surface area contributed by atoms with Gasteiger partial charge < -0.3 is 18.7 Å². The second kappa shape index (κ2) is 8.66. The maximum absolute atomic E-state index is 13.3. The van der Waals surface area contributed by atoms with Crippen LogP contribution in [-0.4, -0.2) is 44.4 Å². The van der Waals surface area contributed by atoms with Crippen molar-refractivity contribution in [3.8, 4) is 5.75 Å². The third-order valence-corrected chi connectivity index (χ3v) is 5.17. The van der Waals surface area contributed by atoms with Crippen molar-refractivity contribution in [1.82, 2.24) is 19.6 Å². The van der Waals surface area contributed by atoms with E-state index in [0.717, 1.165) is 12.1 Å². The lowest BCUT2D eigenvalue weighted by Gasteiger charge is -2.31. The molecule has 0 N–H and O–H groups in total. The first-order valence-electron chi connectivity index (χ1n) is 9.76. The van der Waals surface area contributed by atoms with Crippen LogP contribution in [0.25, 0.3) is 0 Å². The molecule has 10 heteroatoms. The highest BCUT2D eigenvalue weighted by Crippen LogP contribution is 2.22. The summed E-state index contributed by atoms with van der Waals surface area (Å²) in [5.41, 5.74) is 0.0916. The van der Waals surface area contributed by atoms with Gasteiger partial charge in [0.25, 0.3) is 5.91 Å². The second-order valence-corrected chi connectivity index (χ2v) is 7.36. The number of hydrogen-bond acceptors (Lipinski definition) is 6. The van der Waals surface area contributed by atoms with Crippen LogP contribution in [0.3, 0.4) is 0 Å². The Morgan fingerprint density at radius 2 is 2.10 bits per heavy atom. The number of aryl methyl sites for hydroxylation is 1. The molecular formula is C21H20F2N4O4. The van der Waals surface area contributed by atoms with Crippen molar-refractivity contribution in [1.29, 1.82) is 0 Å². The lowest BCUT2D eigenvalue weighted by Crippen LogP contribution is -2.42. The number of nitrogens with zero attached hydrogens (tertiary/aromatic N) is 4. The van der Waals surface area contributed by atoms with Crippen molar-refractivity contribution in [3.63, 3.8) is 0 Å². The molecule has 4 rings (SSSR count). The molecule has 0 saturated carbocycles. The maximum Gasteiger partial charge on any atom is 0.276 e. The van der Waals surface area contributed by atoms with Gasteiger partial charge in [-0.3, -0.25) is 9.59 Å². The van der Waals surface area contributed by atoms with Gasteiger partial charge in [-0.25, -0.2) is 13.8 Å². The fourth-order valence-electron chi connectivity index (χ4n) is 3.53. The van der Waals surface area contributed by atoms with Crippen molar-refractivity contribution >= 4 is 11.7 Å². The molecular weight excluding hydrogens is 410 g/mol. The molecule has 8 nitrogen and oxygen atoms in total. The first-order chi connectivity index (χ1) is 14.9. The van der Waals surface area contributed by atoms with Gasteiger partial charge in [-0.1, -0.05) is 5.16 Å². The fourth-order valence-corrected chi connectivity index (χ4v) is 3.53. The summed E-state index contributed by atoms with van der Waals surface area (Å²) in [5, 5.41) is 3.79. The van der Waals surface area contributed by atoms with E-state index in [1.54, 1.807) is 28.9 Å². The monoisotopic (exact) mass is 430 g/mol. The summed E-state index contributed by atoms with van der Waals surface area (Å²) in [4.78, 5) is 31.2. The molecule has 1 fully saturated rings. The molecule has 3 aromatic rings. The van der Waals surface area contributed by atoms with E-state index in [9.17, 15) is 18.4 Å². The molecule has 0 unspecified atom stereocenters. The standard InChI is InChI=1S/C21H20F2N4O4/c1-26-8-6-24-20(26)19(28)13-3-2-7-27(11-13)21(29)18-10-15(31-25-18)12-30-14-4-5-16(22)17(23)9-14/h4-6,8-10,13H,2-3,7,11-12H2,1H3/t13-/m0/s1. The number of Topliss-reactive ketones (excluding diaryl/α,β-unsaturated/α-hetero) is 1. The number of ketones is 1. The van der Waals surface area contributed by atoms with Crippen molar-refractivity contribution in [2.24, 2.45) is 13.0 Å². The van der Waals surface area contributed by atoms with Crippen LogP contribution in [0, 0.1) is 17.6 Å². The van der Waals surface area contributed by atoms with Gasteiger partial charge in [0.1, 0.15) is 12.4 Å². The fraction of sp³-hybridized carbons (Fsp3) is 0.333. The molecule has 0 bridgehead atoms. The molecule has 0 spiro atoms. The Bertz CT molecular complexity index is 1110. The van der Waals surface area contributed by atoms with Crippen molar-refractivity contribution < 1.29 is 27.6 Å². The predicted molar refractivity (Wildman–Crippen MR) is 103 cm³/mol. The number of halogens is 2. The molecule has 1 atom stereocenters. The maximum atomic E-state index is 13.3. The Morgan fingerprint density at radius 3 is 2.84 bits per heavy atom. The molecule has 0 aliphatic carbocycles. The molecule has 1 aliphatic rings. The third-order valence-electron chi connectivity index (χ3n) is 5.17. The van der Waals surface area contributed by atoms with E-state index in [1.165, 1.54) is 12.1 Å². The summed E-state index contributed by atoms with van der Waals surface area (Å²) in [6, 6.07) is 4.60. The van der Waals surface area contributed by atoms with E-state index in [4.69, 9.17) is 9.26 Å². The summed E-state index contributed by atoms with van der Waals surface area (Å²) in [6.45, 7) is 0.681. The quantitative estimate of drug-likeness (QED) is 0.559. The zero-order valence-electron chi connectivity index (χ0n) is 16.8. The highest BCUT2D eigenvalue weighted by molar-refractivity contribution is 5.96. The molecule has 31 heavy (non-hydrogen) atoms. The number of amides is 1. The van der Waals surface area contributed by atoms with E-state index < -0.39 is 11.6 Å². The lowest BCUT2D eigenvalue weighted by molar-refractivity contribution is 0.0624. The van der Waals surface area contributed by atoms with Crippen LogP contribution in [0.2, 0.25) is 0 Å². The number of piperidine rings is 1. The van der Waals surface area contributed by atoms with Crippen LogP contribution >= 0.6 is 0 Å². The SMILES string of the molecule is Cn1ccnc1C(=O)[C@H]1CCCN(C(=O)c2cc(COc3ccc(F)c(F)c3)on2)C1. The van der Waals surface area contributed by atoms with Crippen molar-refractivity contribution in [3.05, 3.63) is 65.6 Å². The number of hydrogen-bond donors (Lipinski definition) is 0. The lowest BCUT2D eigenvalue weighted by atomic mass is 9.93. The number of carbonyl (C=O) groups is 2. The van der Waals surface area contributed by atoms with Crippen LogP contribution in [0.1, 0.15) is 39.7 Å². The third kappa shape index (κ3) is 4.47. The van der Waals surface area contributed by atoms with E-state index >= 15 is 0 Å². The summed E-state index contributed by atoms with van der Waals surface area (Å²) in [6.07, 6.45) is 4.65. The van der Waals surface area contributed by atoms with E-state index in [0.29, 0.717) is 25.2 Å². The van der Waals surface area contributed by atoms with Crippen LogP contribution < -0.4 is 4.74 Å². The number of aromatic nitrogens is 3. The first-order valence-corrected chi connectivity index (χ1v) is 9.76. The molecule has 1 saturated heterocycles. The number of carbonyl (C=O) groups excluding carboxylic acids is 2. The minimum absolute atomic E-state index is 0.0916. The number of benzene rings is 1. The van der Waals surface area contributed by atoms with Crippen molar-refractivity contribution in [2.45, 2.75) is 19.4 Å². The molecule has 2 aromatic heterocycles. The summed E-state index contributed by atoms with van der Waals surface area (Å²) < 4.78 is 38.4. The van der Waals surface area contributed by atoms with Gasteiger partial charge in [0.2, 0.25) is 5.78 Å². The molecule has 0 radical (unpaired) electrons. The number of likely N-dealkylation sites (tertiary alicyclic amines) is 1. The zero-order chi connectivity index (χ0) is 22.0. The normalized spacial score (nSPS) is 16.4. The Kier molecular flexibility index (Phi) is 5.79. The van der Waals surface area contributed by atoms with Gasteiger partial charge in [0.15, 0.2) is 28.9 Å². The second-order valence-electron chi connectivity index (χ2n) is 7.36. The topological polar surface area (TPSA) is 90.5 Å². The van der Waals surface area contributed by atoms with E-state index in [2.05, 4.69) is 10.1 Å². The Morgan fingerprint density at radius 1 is 1.26 bits per heavy atom. The average Bonchev–Trinajstić information content (AvgIpc) is 3.42. The molecule has 3 heterocycles. The van der Waals surface area contributed by atoms with Crippen LogP contribution in [-0.2, 0) is 13.7 Å². The number of rotatable bonds is 6. The van der Waals surface area contributed by atoms with Gasteiger partial charge in [-0.15, -0.1) is 0 Å². The average molecular weight is 430 g/mol. The summed E-state index contributed by atoms with van der Waals surface area (Å²) in [7, 11) is 1.76. The molecule has 1 aliphatic heterocycles. The smallest absolute Gasteiger partial charge is 0.276 e. The van der Waals surface area contributed by atoms with E-state index in [-0.39, 0.29) is 48.0 Å². The van der Waals surface area contributed by atoms with Gasteiger partial charge >= 0.3 is 0 Å². The zero-order valence-corrected chi connectivity index (χ0v) is 16.8.